The highest BCUT2D eigenvalue weighted by molar-refractivity contribution is 6.04. The van der Waals surface area contributed by atoms with Gasteiger partial charge in [0.2, 0.25) is 5.91 Å². The van der Waals surface area contributed by atoms with Gasteiger partial charge in [-0.1, -0.05) is 13.0 Å². The van der Waals surface area contributed by atoms with Crippen LogP contribution in [0.1, 0.15) is 19.8 Å². The molecule has 1 fully saturated rings. The quantitative estimate of drug-likeness (QED) is 0.747. The highest BCUT2D eigenvalue weighted by Crippen LogP contribution is 2.38. The largest absolute Gasteiger partial charge is 0.358 e. The number of carbonyl (C=O) groups is 1. The van der Waals surface area contributed by atoms with Crippen molar-refractivity contribution < 1.29 is 9.18 Å². The van der Waals surface area contributed by atoms with Gasteiger partial charge in [-0.25, -0.2) is 4.39 Å². The fourth-order valence-corrected chi connectivity index (χ4v) is 2.93. The van der Waals surface area contributed by atoms with E-state index in [9.17, 15) is 9.18 Å². The fraction of sp³-hybridized carbons (Fsp3) is 0.462. The lowest BCUT2D eigenvalue weighted by Crippen LogP contribution is -2.54. The lowest BCUT2D eigenvalue weighted by atomic mass is 9.88. The summed E-state index contributed by atoms with van der Waals surface area (Å²) in [5.41, 5.74) is 1.16. The second-order valence-corrected chi connectivity index (χ2v) is 4.88. The van der Waals surface area contributed by atoms with Gasteiger partial charge in [0.25, 0.3) is 0 Å². The summed E-state index contributed by atoms with van der Waals surface area (Å²) in [5, 5.41) is 2.70. The van der Waals surface area contributed by atoms with E-state index in [1.165, 1.54) is 6.07 Å². The standard InChI is InChI=1S/C13H15FN2O/c1-8-4-3-7-16-10-6-2-5-9(14)11(10)15-13(17)12(8)16/h2,5-6,8,12H,3-4,7H2,1H3,(H,15,17). The van der Waals surface area contributed by atoms with E-state index in [2.05, 4.69) is 12.2 Å². The van der Waals surface area contributed by atoms with Gasteiger partial charge in [-0.3, -0.25) is 4.79 Å². The van der Waals surface area contributed by atoms with E-state index < -0.39 is 0 Å². The number of nitrogens with one attached hydrogen (secondary N) is 1. The monoisotopic (exact) mass is 234 g/mol. The number of para-hydroxylation sites is 1. The molecule has 2 heterocycles. The van der Waals surface area contributed by atoms with Crippen LogP contribution in [-0.4, -0.2) is 18.5 Å². The first-order valence-corrected chi connectivity index (χ1v) is 6.04. The first-order chi connectivity index (χ1) is 8.18. The van der Waals surface area contributed by atoms with Crippen LogP contribution in [0.25, 0.3) is 0 Å². The van der Waals surface area contributed by atoms with Gasteiger partial charge < -0.3 is 10.2 Å². The van der Waals surface area contributed by atoms with E-state index in [1.54, 1.807) is 6.07 Å². The molecule has 90 valence electrons. The van der Waals surface area contributed by atoms with Gasteiger partial charge in [0.1, 0.15) is 17.5 Å². The zero-order chi connectivity index (χ0) is 12.0. The molecular formula is C13H15FN2O. The van der Waals surface area contributed by atoms with Crippen molar-refractivity contribution in [1.82, 2.24) is 0 Å². The van der Waals surface area contributed by atoms with E-state index in [1.807, 2.05) is 11.0 Å². The third-order valence-corrected chi connectivity index (χ3v) is 3.75. The number of halogens is 1. The molecular weight excluding hydrogens is 219 g/mol. The number of benzene rings is 1. The van der Waals surface area contributed by atoms with Crippen molar-refractivity contribution in [3.63, 3.8) is 0 Å². The van der Waals surface area contributed by atoms with Gasteiger partial charge in [0.15, 0.2) is 0 Å². The maximum Gasteiger partial charge on any atom is 0.247 e. The minimum atomic E-state index is -0.354. The zero-order valence-corrected chi connectivity index (χ0v) is 9.74. The van der Waals surface area contributed by atoms with Crippen LogP contribution in [0.4, 0.5) is 15.8 Å². The van der Waals surface area contributed by atoms with Crippen molar-refractivity contribution >= 4 is 17.3 Å². The average molecular weight is 234 g/mol. The first-order valence-electron chi connectivity index (χ1n) is 6.04. The number of piperidine rings is 1. The topological polar surface area (TPSA) is 32.3 Å². The number of carbonyl (C=O) groups excluding carboxylic acids is 1. The van der Waals surface area contributed by atoms with Crippen LogP contribution in [0.3, 0.4) is 0 Å². The zero-order valence-electron chi connectivity index (χ0n) is 9.74. The highest BCUT2D eigenvalue weighted by atomic mass is 19.1. The predicted molar refractivity (Wildman–Crippen MR) is 64.6 cm³/mol. The van der Waals surface area contributed by atoms with Crippen LogP contribution in [0.5, 0.6) is 0 Å². The van der Waals surface area contributed by atoms with Gasteiger partial charge >= 0.3 is 0 Å². The van der Waals surface area contributed by atoms with Crippen molar-refractivity contribution in [2.24, 2.45) is 5.92 Å². The summed E-state index contributed by atoms with van der Waals surface area (Å²) in [6.45, 7) is 2.92. The molecule has 1 amide bonds. The molecule has 0 aliphatic carbocycles. The lowest BCUT2D eigenvalue weighted by molar-refractivity contribution is -0.119. The van der Waals surface area contributed by atoms with E-state index in [0.717, 1.165) is 25.1 Å². The first kappa shape index (κ1) is 10.6. The SMILES string of the molecule is CC1CCCN2c3cccc(F)c3NC(=O)C12. The van der Waals surface area contributed by atoms with Crippen LogP contribution >= 0.6 is 0 Å². The Hall–Kier alpha value is -1.58. The summed E-state index contributed by atoms with van der Waals surface area (Å²) in [6.07, 6.45) is 2.11. The second kappa shape index (κ2) is 3.72. The molecule has 3 nitrogen and oxygen atoms in total. The van der Waals surface area contributed by atoms with Crippen LogP contribution in [0.2, 0.25) is 0 Å². The molecule has 2 atom stereocenters. The molecule has 1 N–H and O–H groups in total. The molecule has 2 aliphatic rings. The van der Waals surface area contributed by atoms with E-state index in [4.69, 9.17) is 0 Å². The number of nitrogens with zero attached hydrogens (tertiary/aromatic N) is 1. The molecule has 17 heavy (non-hydrogen) atoms. The number of hydrogen-bond donors (Lipinski definition) is 1. The Bertz CT molecular complexity index is 474. The van der Waals surface area contributed by atoms with Gasteiger partial charge in [0, 0.05) is 6.54 Å². The van der Waals surface area contributed by atoms with Gasteiger partial charge in [-0.15, -0.1) is 0 Å². The number of anilines is 2. The fourth-order valence-electron chi connectivity index (χ4n) is 2.93. The molecule has 1 saturated heterocycles. The Balaban J connectivity index is 2.10. The second-order valence-electron chi connectivity index (χ2n) is 4.88. The number of rotatable bonds is 0. The molecule has 0 spiro atoms. The highest BCUT2D eigenvalue weighted by Gasteiger charge is 2.39. The number of amides is 1. The molecule has 0 bridgehead atoms. The third-order valence-electron chi connectivity index (χ3n) is 3.75. The van der Waals surface area contributed by atoms with Gasteiger partial charge in [-0.05, 0) is 30.9 Å². The maximum atomic E-state index is 13.7. The molecule has 2 aliphatic heterocycles. The van der Waals surface area contributed by atoms with Crippen molar-refractivity contribution in [3.05, 3.63) is 24.0 Å². The Morgan fingerprint density at radius 2 is 2.29 bits per heavy atom. The average Bonchev–Trinajstić information content (AvgIpc) is 2.31. The summed E-state index contributed by atoms with van der Waals surface area (Å²) in [7, 11) is 0. The Morgan fingerprint density at radius 3 is 3.12 bits per heavy atom. The Labute approximate surface area is 99.6 Å². The normalized spacial score (nSPS) is 27.2. The smallest absolute Gasteiger partial charge is 0.247 e. The van der Waals surface area contributed by atoms with Crippen molar-refractivity contribution in [2.75, 3.05) is 16.8 Å². The van der Waals surface area contributed by atoms with Crippen molar-refractivity contribution in [3.8, 4) is 0 Å². The molecule has 4 heteroatoms. The molecule has 1 aromatic carbocycles. The summed E-state index contributed by atoms with van der Waals surface area (Å²) < 4.78 is 13.7. The van der Waals surface area contributed by atoms with Gasteiger partial charge in [0.05, 0.1) is 5.69 Å². The summed E-state index contributed by atoms with van der Waals surface area (Å²) >= 11 is 0. The van der Waals surface area contributed by atoms with Crippen molar-refractivity contribution in [1.29, 1.82) is 0 Å². The minimum Gasteiger partial charge on any atom is -0.358 e. The van der Waals surface area contributed by atoms with Crippen molar-refractivity contribution in [2.45, 2.75) is 25.8 Å². The summed E-state index contributed by atoms with van der Waals surface area (Å²) in [5.74, 6) is -0.109. The summed E-state index contributed by atoms with van der Waals surface area (Å²) in [6, 6.07) is 4.82. The summed E-state index contributed by atoms with van der Waals surface area (Å²) in [4.78, 5) is 14.1. The molecule has 0 radical (unpaired) electrons. The minimum absolute atomic E-state index is 0.0743. The van der Waals surface area contributed by atoms with Crippen LogP contribution < -0.4 is 10.2 Å². The molecule has 0 aromatic heterocycles. The Morgan fingerprint density at radius 1 is 1.47 bits per heavy atom. The van der Waals surface area contributed by atoms with E-state index in [-0.39, 0.29) is 17.8 Å². The number of hydrogen-bond acceptors (Lipinski definition) is 2. The van der Waals surface area contributed by atoms with Crippen LogP contribution in [0.15, 0.2) is 18.2 Å². The molecule has 1 aromatic rings. The molecule has 3 rings (SSSR count). The Kier molecular flexibility index (Phi) is 2.31. The van der Waals surface area contributed by atoms with E-state index >= 15 is 0 Å². The van der Waals surface area contributed by atoms with Crippen LogP contribution in [-0.2, 0) is 4.79 Å². The maximum absolute atomic E-state index is 13.7. The lowest BCUT2D eigenvalue weighted by Gasteiger charge is -2.44. The van der Waals surface area contributed by atoms with Crippen LogP contribution in [0, 0.1) is 11.7 Å². The third kappa shape index (κ3) is 1.51. The predicted octanol–water partition coefficient (Wildman–Crippen LogP) is 2.38. The molecule has 0 saturated carbocycles. The molecule has 2 unspecified atom stereocenters. The van der Waals surface area contributed by atoms with Gasteiger partial charge in [-0.2, -0.15) is 0 Å². The number of fused-ring (bicyclic) bond motifs is 3. The van der Waals surface area contributed by atoms with E-state index in [0.29, 0.717) is 11.6 Å².